The van der Waals surface area contributed by atoms with E-state index >= 15 is 0 Å². The predicted molar refractivity (Wildman–Crippen MR) is 56.1 cm³/mol. The number of rotatable bonds is 4. The zero-order valence-electron chi connectivity index (χ0n) is 8.89. The van der Waals surface area contributed by atoms with Crippen molar-refractivity contribution in [3.05, 3.63) is 17.8 Å². The number of aromatic nitrogens is 2. The van der Waals surface area contributed by atoms with Crippen LogP contribution >= 0.6 is 0 Å². The number of hydrogen-bond donors (Lipinski definition) is 3. The van der Waals surface area contributed by atoms with Gasteiger partial charge >= 0.3 is 5.97 Å². The second-order valence-corrected chi connectivity index (χ2v) is 3.09. The molecule has 1 aromatic heterocycles. The number of carboxylic acids is 1. The molecule has 0 bridgehead atoms. The Bertz CT molecular complexity index is 390. The molecule has 0 aliphatic heterocycles. The lowest BCUT2D eigenvalue weighted by atomic mass is 10.3. The van der Waals surface area contributed by atoms with Gasteiger partial charge < -0.3 is 15.7 Å². The number of carbonyl (C=O) groups excluding carboxylic acids is 1. The van der Waals surface area contributed by atoms with Gasteiger partial charge in [0.25, 0.3) is 0 Å². The minimum atomic E-state index is -1.14. The van der Waals surface area contributed by atoms with Gasteiger partial charge in [0.1, 0.15) is 11.9 Å². The molecule has 1 heterocycles. The summed E-state index contributed by atoms with van der Waals surface area (Å²) in [6.07, 6.45) is 0. The molecular formula is C9H12N4O3. The molecule has 0 radical (unpaired) electrons. The molecule has 1 unspecified atom stereocenters. The maximum absolute atomic E-state index is 11.2. The average Bonchev–Trinajstić information content (AvgIpc) is 2.28. The van der Waals surface area contributed by atoms with E-state index in [9.17, 15) is 9.59 Å². The molecule has 1 rings (SSSR count). The lowest BCUT2D eigenvalue weighted by Gasteiger charge is -2.11. The smallest absolute Gasteiger partial charge is 0.356 e. The molecule has 1 atom stereocenters. The van der Waals surface area contributed by atoms with Gasteiger partial charge in [0.2, 0.25) is 5.91 Å². The Morgan fingerprint density at radius 1 is 1.38 bits per heavy atom. The van der Waals surface area contributed by atoms with Gasteiger partial charge in [-0.05, 0) is 19.1 Å². The Balaban J connectivity index is 2.68. The summed E-state index contributed by atoms with van der Waals surface area (Å²) in [4.78, 5) is 21.7. The highest BCUT2D eigenvalue weighted by atomic mass is 16.4. The van der Waals surface area contributed by atoms with Gasteiger partial charge in [0, 0.05) is 7.05 Å². The molecule has 86 valence electrons. The van der Waals surface area contributed by atoms with E-state index in [1.165, 1.54) is 19.2 Å². The van der Waals surface area contributed by atoms with Crippen molar-refractivity contribution < 1.29 is 14.7 Å². The Hall–Kier alpha value is -2.18. The third kappa shape index (κ3) is 2.91. The molecule has 1 aromatic rings. The number of likely N-dealkylation sites (N-methyl/N-ethyl adjacent to an activating group) is 1. The molecule has 0 aliphatic rings. The van der Waals surface area contributed by atoms with Crippen molar-refractivity contribution >= 4 is 17.7 Å². The van der Waals surface area contributed by atoms with Gasteiger partial charge in [-0.3, -0.25) is 4.79 Å². The number of amides is 1. The fourth-order valence-corrected chi connectivity index (χ4v) is 1.03. The van der Waals surface area contributed by atoms with Crippen molar-refractivity contribution in [3.8, 4) is 0 Å². The first-order valence-corrected chi connectivity index (χ1v) is 4.59. The molecule has 1 amide bonds. The second kappa shape index (κ2) is 5.06. The molecule has 7 nitrogen and oxygen atoms in total. The van der Waals surface area contributed by atoms with Crippen molar-refractivity contribution in [1.29, 1.82) is 0 Å². The first-order valence-electron chi connectivity index (χ1n) is 4.59. The number of aromatic carboxylic acids is 1. The van der Waals surface area contributed by atoms with E-state index in [0.717, 1.165) is 0 Å². The normalized spacial score (nSPS) is 11.6. The van der Waals surface area contributed by atoms with Crippen LogP contribution in [0.15, 0.2) is 12.1 Å². The fourth-order valence-electron chi connectivity index (χ4n) is 1.03. The minimum absolute atomic E-state index is 0.141. The van der Waals surface area contributed by atoms with Crippen LogP contribution in [-0.2, 0) is 4.79 Å². The summed E-state index contributed by atoms with van der Waals surface area (Å²) >= 11 is 0. The summed E-state index contributed by atoms with van der Waals surface area (Å²) in [5.41, 5.74) is -0.141. The number of anilines is 1. The van der Waals surface area contributed by atoms with Gasteiger partial charge in [-0.25, -0.2) is 4.79 Å². The highest BCUT2D eigenvalue weighted by molar-refractivity contribution is 5.85. The van der Waals surface area contributed by atoms with Crippen molar-refractivity contribution in [2.24, 2.45) is 0 Å². The van der Waals surface area contributed by atoms with Crippen LogP contribution in [0.25, 0.3) is 0 Å². The maximum atomic E-state index is 11.2. The summed E-state index contributed by atoms with van der Waals surface area (Å²) < 4.78 is 0. The summed E-state index contributed by atoms with van der Waals surface area (Å²) in [6.45, 7) is 1.66. The zero-order valence-corrected chi connectivity index (χ0v) is 8.89. The largest absolute Gasteiger partial charge is 0.476 e. The van der Waals surface area contributed by atoms with E-state index in [1.54, 1.807) is 6.92 Å². The molecule has 0 aromatic carbocycles. The average molecular weight is 224 g/mol. The van der Waals surface area contributed by atoms with Crippen LogP contribution < -0.4 is 10.6 Å². The summed E-state index contributed by atoms with van der Waals surface area (Å²) in [5.74, 6) is -0.983. The molecule has 0 saturated heterocycles. The van der Waals surface area contributed by atoms with Gasteiger partial charge in [-0.2, -0.15) is 0 Å². The van der Waals surface area contributed by atoms with E-state index < -0.39 is 12.0 Å². The Kier molecular flexibility index (Phi) is 3.76. The van der Waals surface area contributed by atoms with Crippen LogP contribution in [0, 0.1) is 0 Å². The first-order chi connectivity index (χ1) is 7.54. The molecular weight excluding hydrogens is 212 g/mol. The van der Waals surface area contributed by atoms with Gasteiger partial charge in [0.15, 0.2) is 5.69 Å². The van der Waals surface area contributed by atoms with E-state index in [1.807, 2.05) is 0 Å². The van der Waals surface area contributed by atoms with Crippen LogP contribution in [0.2, 0.25) is 0 Å². The van der Waals surface area contributed by atoms with Crippen molar-refractivity contribution in [2.45, 2.75) is 13.0 Å². The molecule has 0 saturated carbocycles. The minimum Gasteiger partial charge on any atom is -0.476 e. The highest BCUT2D eigenvalue weighted by Crippen LogP contribution is 2.03. The van der Waals surface area contributed by atoms with Gasteiger partial charge in [-0.1, -0.05) is 0 Å². The topological polar surface area (TPSA) is 104 Å². The molecule has 0 fully saturated rings. The molecule has 3 N–H and O–H groups in total. The lowest BCUT2D eigenvalue weighted by Crippen LogP contribution is -2.35. The quantitative estimate of drug-likeness (QED) is 0.649. The monoisotopic (exact) mass is 224 g/mol. The highest BCUT2D eigenvalue weighted by Gasteiger charge is 2.11. The Labute approximate surface area is 91.9 Å². The number of nitrogens with zero attached hydrogens (tertiary/aromatic N) is 2. The van der Waals surface area contributed by atoms with Crippen molar-refractivity contribution in [1.82, 2.24) is 15.5 Å². The predicted octanol–water partition coefficient (Wildman–Crippen LogP) is -0.279. The lowest BCUT2D eigenvalue weighted by molar-refractivity contribution is -0.121. The maximum Gasteiger partial charge on any atom is 0.356 e. The number of carbonyl (C=O) groups is 2. The summed E-state index contributed by atoms with van der Waals surface area (Å²) in [7, 11) is 1.53. The Morgan fingerprint density at radius 2 is 2.06 bits per heavy atom. The summed E-state index contributed by atoms with van der Waals surface area (Å²) in [6, 6.07) is 2.31. The molecule has 0 aliphatic carbocycles. The first kappa shape index (κ1) is 11.9. The van der Waals surface area contributed by atoms with Crippen LogP contribution in [0.5, 0.6) is 0 Å². The third-order valence-electron chi connectivity index (χ3n) is 1.89. The number of carboxylic acid groups (broad SMARTS) is 1. The van der Waals surface area contributed by atoms with Crippen molar-refractivity contribution in [3.63, 3.8) is 0 Å². The molecule has 7 heteroatoms. The van der Waals surface area contributed by atoms with Gasteiger partial charge in [0.05, 0.1) is 0 Å². The molecule has 0 spiro atoms. The van der Waals surface area contributed by atoms with Crippen LogP contribution in [0.4, 0.5) is 5.82 Å². The van der Waals surface area contributed by atoms with Gasteiger partial charge in [-0.15, -0.1) is 10.2 Å². The zero-order chi connectivity index (χ0) is 12.1. The standard InChI is InChI=1S/C9H12N4O3/c1-5(8(14)10-2)11-7-4-3-6(9(15)16)12-13-7/h3-5H,1-2H3,(H,10,14)(H,11,13)(H,15,16). The summed E-state index contributed by atoms with van der Waals surface area (Å²) in [5, 5.41) is 21.0. The SMILES string of the molecule is CNC(=O)C(C)Nc1ccc(C(=O)O)nn1. The fraction of sp³-hybridized carbons (Fsp3) is 0.333. The van der Waals surface area contributed by atoms with Crippen LogP contribution in [0.3, 0.4) is 0 Å². The van der Waals surface area contributed by atoms with Crippen LogP contribution in [0.1, 0.15) is 17.4 Å². The van der Waals surface area contributed by atoms with Crippen LogP contribution in [-0.4, -0.2) is 40.3 Å². The Morgan fingerprint density at radius 3 is 2.50 bits per heavy atom. The number of hydrogen-bond acceptors (Lipinski definition) is 5. The third-order valence-corrected chi connectivity index (χ3v) is 1.89. The van der Waals surface area contributed by atoms with E-state index in [4.69, 9.17) is 5.11 Å². The molecule has 16 heavy (non-hydrogen) atoms. The van der Waals surface area contributed by atoms with E-state index in [-0.39, 0.29) is 11.6 Å². The number of nitrogens with one attached hydrogen (secondary N) is 2. The van der Waals surface area contributed by atoms with Crippen molar-refractivity contribution in [2.75, 3.05) is 12.4 Å². The van der Waals surface area contributed by atoms with E-state index in [0.29, 0.717) is 5.82 Å². The second-order valence-electron chi connectivity index (χ2n) is 3.09. The van der Waals surface area contributed by atoms with E-state index in [2.05, 4.69) is 20.8 Å².